The van der Waals surface area contributed by atoms with Crippen LogP contribution < -0.4 is 14.9 Å². The molecule has 0 aliphatic carbocycles. The molecular weight excluding hydrogens is 452 g/mol. The van der Waals surface area contributed by atoms with Gasteiger partial charge in [-0.1, -0.05) is 59.6 Å². The van der Waals surface area contributed by atoms with Gasteiger partial charge in [-0.25, -0.2) is 10.2 Å². The van der Waals surface area contributed by atoms with Gasteiger partial charge in [-0.05, 0) is 60.2 Å². The number of hydrazone groups is 1. The maximum absolute atomic E-state index is 12.7. The van der Waals surface area contributed by atoms with Crippen molar-refractivity contribution in [2.45, 2.75) is 6.92 Å². The lowest BCUT2D eigenvalue weighted by molar-refractivity contribution is -0.123. The summed E-state index contributed by atoms with van der Waals surface area (Å²) in [6, 6.07) is 25.0. The molecule has 4 aromatic carbocycles. The Kier molecular flexibility index (Phi) is 7.20. The fraction of sp³-hybridized carbons (Fsp3) is 0.0741. The minimum Gasteiger partial charge on any atom is -0.484 e. The first kappa shape index (κ1) is 23.0. The summed E-state index contributed by atoms with van der Waals surface area (Å²) in [5, 5.41) is 6.40. The van der Waals surface area contributed by atoms with Crippen LogP contribution in [0.1, 0.15) is 21.5 Å². The molecule has 170 valence electrons. The van der Waals surface area contributed by atoms with E-state index in [0.717, 1.165) is 16.3 Å². The van der Waals surface area contributed by atoms with E-state index in [2.05, 4.69) is 10.5 Å². The summed E-state index contributed by atoms with van der Waals surface area (Å²) in [7, 11) is 0. The van der Waals surface area contributed by atoms with Gasteiger partial charge in [0.1, 0.15) is 11.5 Å². The molecule has 0 unspecified atom stereocenters. The molecule has 0 bridgehead atoms. The summed E-state index contributed by atoms with van der Waals surface area (Å²) >= 11 is 5.84. The van der Waals surface area contributed by atoms with E-state index < -0.39 is 11.9 Å². The first-order valence-corrected chi connectivity index (χ1v) is 10.9. The molecule has 0 saturated carbocycles. The van der Waals surface area contributed by atoms with Crippen LogP contribution in [0.3, 0.4) is 0 Å². The predicted octanol–water partition coefficient (Wildman–Crippen LogP) is 5.55. The number of aryl methyl sites for hydroxylation is 1. The molecule has 7 heteroatoms. The van der Waals surface area contributed by atoms with E-state index in [-0.39, 0.29) is 6.61 Å². The molecule has 4 rings (SSSR count). The molecule has 0 aromatic heterocycles. The molecule has 6 nitrogen and oxygen atoms in total. The maximum Gasteiger partial charge on any atom is 0.343 e. The van der Waals surface area contributed by atoms with Crippen molar-refractivity contribution in [1.82, 2.24) is 5.43 Å². The molecule has 0 saturated heterocycles. The van der Waals surface area contributed by atoms with Gasteiger partial charge >= 0.3 is 5.97 Å². The molecule has 0 spiro atoms. The summed E-state index contributed by atoms with van der Waals surface area (Å²) in [4.78, 5) is 24.8. The Bertz CT molecular complexity index is 1350. The molecule has 4 aromatic rings. The molecule has 0 atom stereocenters. The van der Waals surface area contributed by atoms with E-state index in [0.29, 0.717) is 27.6 Å². The van der Waals surface area contributed by atoms with E-state index >= 15 is 0 Å². The quantitative estimate of drug-likeness (QED) is 0.165. The Labute approximate surface area is 201 Å². The van der Waals surface area contributed by atoms with Crippen LogP contribution >= 0.6 is 11.6 Å². The third-order valence-electron chi connectivity index (χ3n) is 4.99. The summed E-state index contributed by atoms with van der Waals surface area (Å²) in [6.45, 7) is 1.73. The van der Waals surface area contributed by atoms with Gasteiger partial charge in [0.25, 0.3) is 5.91 Å². The molecule has 34 heavy (non-hydrogen) atoms. The molecular formula is C27H21ClN2O4. The Morgan fingerprint density at radius 2 is 1.68 bits per heavy atom. The van der Waals surface area contributed by atoms with Gasteiger partial charge < -0.3 is 9.47 Å². The van der Waals surface area contributed by atoms with Gasteiger partial charge in [-0.2, -0.15) is 5.10 Å². The van der Waals surface area contributed by atoms with Crippen LogP contribution in [0.15, 0.2) is 90.0 Å². The zero-order valence-corrected chi connectivity index (χ0v) is 19.1. The van der Waals surface area contributed by atoms with Gasteiger partial charge in [-0.15, -0.1) is 0 Å². The number of esters is 1. The lowest BCUT2D eigenvalue weighted by Crippen LogP contribution is -2.24. The third-order valence-corrected chi connectivity index (χ3v) is 5.24. The van der Waals surface area contributed by atoms with E-state index in [9.17, 15) is 9.59 Å². The Balaban J connectivity index is 1.50. The minimum atomic E-state index is -0.481. The molecule has 0 heterocycles. The van der Waals surface area contributed by atoms with Crippen LogP contribution in [-0.4, -0.2) is 24.7 Å². The van der Waals surface area contributed by atoms with E-state index in [4.69, 9.17) is 21.1 Å². The second-order valence-corrected chi connectivity index (χ2v) is 7.93. The maximum atomic E-state index is 12.7. The third kappa shape index (κ3) is 5.79. The van der Waals surface area contributed by atoms with Crippen LogP contribution in [0, 0.1) is 6.92 Å². The number of ether oxygens (including phenoxy) is 2. The molecule has 1 N–H and O–H groups in total. The molecule has 0 fully saturated rings. The Morgan fingerprint density at radius 3 is 2.44 bits per heavy atom. The largest absolute Gasteiger partial charge is 0.484 e. The number of amides is 1. The van der Waals surface area contributed by atoms with Crippen molar-refractivity contribution < 1.29 is 19.1 Å². The van der Waals surface area contributed by atoms with Gasteiger partial charge in [0.2, 0.25) is 0 Å². The van der Waals surface area contributed by atoms with Crippen molar-refractivity contribution >= 4 is 40.5 Å². The topological polar surface area (TPSA) is 77.0 Å². The molecule has 1 amide bonds. The number of carbonyl (C=O) groups is 2. The van der Waals surface area contributed by atoms with Crippen LogP contribution in [-0.2, 0) is 4.79 Å². The van der Waals surface area contributed by atoms with E-state index in [1.165, 1.54) is 6.21 Å². The second-order valence-electron chi connectivity index (χ2n) is 7.49. The lowest BCUT2D eigenvalue weighted by atomic mass is 10.0. The number of nitrogens with one attached hydrogen (secondary N) is 1. The number of hydrogen-bond acceptors (Lipinski definition) is 5. The fourth-order valence-electron chi connectivity index (χ4n) is 3.23. The Hall–Kier alpha value is -4.16. The number of rotatable bonds is 7. The number of hydrogen-bond donors (Lipinski definition) is 1. The average Bonchev–Trinajstić information content (AvgIpc) is 2.85. The zero-order chi connectivity index (χ0) is 23.9. The monoisotopic (exact) mass is 472 g/mol. The minimum absolute atomic E-state index is 0.218. The van der Waals surface area contributed by atoms with E-state index in [1.54, 1.807) is 42.5 Å². The highest BCUT2D eigenvalue weighted by molar-refractivity contribution is 6.30. The predicted molar refractivity (Wildman–Crippen MR) is 133 cm³/mol. The highest BCUT2D eigenvalue weighted by Crippen LogP contribution is 2.27. The van der Waals surface area contributed by atoms with Crippen molar-refractivity contribution in [3.63, 3.8) is 0 Å². The van der Waals surface area contributed by atoms with Crippen molar-refractivity contribution in [2.24, 2.45) is 5.10 Å². The van der Waals surface area contributed by atoms with Crippen molar-refractivity contribution in [3.05, 3.63) is 107 Å². The average molecular weight is 473 g/mol. The van der Waals surface area contributed by atoms with Gasteiger partial charge in [-0.3, -0.25) is 4.79 Å². The van der Waals surface area contributed by atoms with Gasteiger partial charge in [0.05, 0.1) is 11.8 Å². The smallest absolute Gasteiger partial charge is 0.343 e. The zero-order valence-electron chi connectivity index (χ0n) is 18.3. The second kappa shape index (κ2) is 10.6. The SMILES string of the molecule is Cc1ccc(C(=O)Oc2ccc3ccccc3c2/C=N/NC(=O)COc2ccc(Cl)cc2)cc1. The number of nitrogens with zero attached hydrogens (tertiary/aromatic N) is 1. The van der Waals surface area contributed by atoms with Crippen molar-refractivity contribution in [3.8, 4) is 11.5 Å². The first-order chi connectivity index (χ1) is 16.5. The summed E-state index contributed by atoms with van der Waals surface area (Å²) in [5.74, 6) is -0.0717. The lowest BCUT2D eigenvalue weighted by Gasteiger charge is -2.11. The number of halogens is 1. The van der Waals surface area contributed by atoms with Crippen LogP contribution in [0.4, 0.5) is 0 Å². The van der Waals surface area contributed by atoms with E-state index in [1.807, 2.05) is 49.4 Å². The van der Waals surface area contributed by atoms with Crippen molar-refractivity contribution in [2.75, 3.05) is 6.61 Å². The highest BCUT2D eigenvalue weighted by atomic mass is 35.5. The normalized spacial score (nSPS) is 10.9. The molecule has 0 aliphatic rings. The van der Waals surface area contributed by atoms with Crippen LogP contribution in [0.5, 0.6) is 11.5 Å². The first-order valence-electron chi connectivity index (χ1n) is 10.5. The number of benzene rings is 4. The van der Waals surface area contributed by atoms with Gasteiger partial charge in [0, 0.05) is 10.6 Å². The summed E-state index contributed by atoms with van der Waals surface area (Å²) in [5.41, 5.74) is 4.49. The fourth-order valence-corrected chi connectivity index (χ4v) is 3.35. The molecule has 0 radical (unpaired) electrons. The number of fused-ring (bicyclic) bond motifs is 1. The summed E-state index contributed by atoms with van der Waals surface area (Å²) < 4.78 is 11.1. The van der Waals surface area contributed by atoms with Gasteiger partial charge in [0.15, 0.2) is 6.61 Å². The van der Waals surface area contributed by atoms with Crippen LogP contribution in [0.25, 0.3) is 10.8 Å². The number of carbonyl (C=O) groups excluding carboxylic acids is 2. The Morgan fingerprint density at radius 1 is 0.941 bits per heavy atom. The highest BCUT2D eigenvalue weighted by Gasteiger charge is 2.13. The summed E-state index contributed by atoms with van der Waals surface area (Å²) in [6.07, 6.45) is 1.46. The van der Waals surface area contributed by atoms with Crippen molar-refractivity contribution in [1.29, 1.82) is 0 Å². The molecule has 0 aliphatic heterocycles. The standard InChI is InChI=1S/C27H21ClN2O4/c1-18-6-8-20(9-7-18)27(32)34-25-15-10-19-4-2-3-5-23(19)24(25)16-29-30-26(31)17-33-22-13-11-21(28)12-14-22/h2-16H,17H2,1H3,(H,30,31)/b29-16+. The van der Waals surface area contributed by atoms with Crippen LogP contribution in [0.2, 0.25) is 5.02 Å².